The van der Waals surface area contributed by atoms with E-state index in [2.05, 4.69) is 18.4 Å². The lowest BCUT2D eigenvalue weighted by molar-refractivity contribution is 0.548. The van der Waals surface area contributed by atoms with E-state index in [9.17, 15) is 4.39 Å². The van der Waals surface area contributed by atoms with E-state index in [1.165, 1.54) is 6.07 Å². The predicted octanol–water partition coefficient (Wildman–Crippen LogP) is 3.75. The number of halogens is 1. The third-order valence-electron chi connectivity index (χ3n) is 2.75. The second-order valence-corrected chi connectivity index (χ2v) is 3.68. The summed E-state index contributed by atoms with van der Waals surface area (Å²) in [6, 6.07) is 7.37. The fraction of sp³-hybridized carbons (Fsp3) is 0.333. The number of rotatable bonds is 2. The molecule has 74 valence electrons. The Balaban J connectivity index is 2.58. The molecule has 1 nitrogen and oxygen atoms in total. The highest BCUT2D eigenvalue weighted by molar-refractivity contribution is 5.80. The number of benzene rings is 1. The normalized spacial score (nSPS) is 13.4. The van der Waals surface area contributed by atoms with Crippen LogP contribution in [0.3, 0.4) is 0 Å². The van der Waals surface area contributed by atoms with Gasteiger partial charge in [0.1, 0.15) is 5.82 Å². The molecule has 2 heteroatoms. The minimum atomic E-state index is -0.167. The van der Waals surface area contributed by atoms with Crippen LogP contribution in [0.25, 0.3) is 10.9 Å². The fourth-order valence-corrected chi connectivity index (χ4v) is 1.72. The summed E-state index contributed by atoms with van der Waals surface area (Å²) in [6.07, 6.45) is 3.11. The largest absolute Gasteiger partial charge is 0.345 e. The summed E-state index contributed by atoms with van der Waals surface area (Å²) in [5.74, 6) is -0.167. The van der Waals surface area contributed by atoms with E-state index in [1.54, 1.807) is 6.07 Å². The predicted molar refractivity (Wildman–Crippen MR) is 56.9 cm³/mol. The molecule has 0 fully saturated rings. The van der Waals surface area contributed by atoms with Crippen LogP contribution in [-0.2, 0) is 0 Å². The van der Waals surface area contributed by atoms with Gasteiger partial charge >= 0.3 is 0 Å². The molecule has 0 spiro atoms. The molecule has 0 saturated carbocycles. The molecule has 1 aromatic carbocycles. The van der Waals surface area contributed by atoms with E-state index in [4.69, 9.17) is 0 Å². The molecule has 1 unspecified atom stereocenters. The van der Waals surface area contributed by atoms with Crippen molar-refractivity contribution in [3.63, 3.8) is 0 Å². The molecule has 2 rings (SSSR count). The van der Waals surface area contributed by atoms with E-state index in [-0.39, 0.29) is 5.82 Å². The third kappa shape index (κ3) is 1.41. The number of nitrogens with zero attached hydrogens (tertiary/aromatic N) is 1. The van der Waals surface area contributed by atoms with Crippen LogP contribution in [0.5, 0.6) is 0 Å². The van der Waals surface area contributed by atoms with Gasteiger partial charge in [-0.15, -0.1) is 0 Å². The molecule has 0 radical (unpaired) electrons. The van der Waals surface area contributed by atoms with Crippen molar-refractivity contribution < 1.29 is 4.39 Å². The van der Waals surface area contributed by atoms with E-state index in [0.717, 1.165) is 17.3 Å². The molecule has 0 aliphatic heterocycles. The molecule has 0 aliphatic rings. The Kier molecular flexibility index (Phi) is 2.28. The molecule has 0 N–H and O–H groups in total. The first kappa shape index (κ1) is 9.25. The number of hydrogen-bond acceptors (Lipinski definition) is 0. The van der Waals surface area contributed by atoms with Crippen LogP contribution in [0.15, 0.2) is 30.5 Å². The zero-order chi connectivity index (χ0) is 10.1. The maximum Gasteiger partial charge on any atom is 0.123 e. The first-order chi connectivity index (χ1) is 6.72. The summed E-state index contributed by atoms with van der Waals surface area (Å²) in [7, 11) is 0. The SMILES string of the molecule is CCC(C)n1ccc2cc(F)ccc21. The Morgan fingerprint density at radius 1 is 1.36 bits per heavy atom. The van der Waals surface area contributed by atoms with Crippen LogP contribution in [0.1, 0.15) is 26.3 Å². The van der Waals surface area contributed by atoms with E-state index in [0.29, 0.717) is 6.04 Å². The second-order valence-electron chi connectivity index (χ2n) is 3.68. The van der Waals surface area contributed by atoms with Crippen molar-refractivity contribution in [3.05, 3.63) is 36.3 Å². The zero-order valence-electron chi connectivity index (χ0n) is 8.50. The highest BCUT2D eigenvalue weighted by Gasteiger charge is 2.06. The van der Waals surface area contributed by atoms with Crippen molar-refractivity contribution in [1.82, 2.24) is 4.57 Å². The van der Waals surface area contributed by atoms with Gasteiger partial charge in [-0.2, -0.15) is 0 Å². The van der Waals surface area contributed by atoms with Crippen LogP contribution < -0.4 is 0 Å². The summed E-state index contributed by atoms with van der Waals surface area (Å²) in [6.45, 7) is 4.32. The molecule has 0 amide bonds. The Morgan fingerprint density at radius 2 is 2.14 bits per heavy atom. The lowest BCUT2D eigenvalue weighted by Gasteiger charge is -2.12. The van der Waals surface area contributed by atoms with Gasteiger partial charge in [-0.25, -0.2) is 4.39 Å². The Labute approximate surface area is 83.2 Å². The smallest absolute Gasteiger partial charge is 0.123 e. The van der Waals surface area contributed by atoms with E-state index < -0.39 is 0 Å². The molecule has 0 saturated heterocycles. The Bertz CT molecular complexity index is 445. The van der Waals surface area contributed by atoms with Gasteiger partial charge in [0, 0.05) is 23.1 Å². The van der Waals surface area contributed by atoms with Crippen LogP contribution >= 0.6 is 0 Å². The molecule has 1 aromatic heterocycles. The topological polar surface area (TPSA) is 4.93 Å². The summed E-state index contributed by atoms with van der Waals surface area (Å²) >= 11 is 0. The summed E-state index contributed by atoms with van der Waals surface area (Å²) in [5.41, 5.74) is 1.11. The van der Waals surface area contributed by atoms with E-state index in [1.807, 2.05) is 18.3 Å². The summed E-state index contributed by atoms with van der Waals surface area (Å²) in [5, 5.41) is 0.977. The first-order valence-corrected chi connectivity index (χ1v) is 4.98. The summed E-state index contributed by atoms with van der Waals surface area (Å²) in [4.78, 5) is 0. The van der Waals surface area contributed by atoms with Gasteiger partial charge in [-0.05, 0) is 37.6 Å². The van der Waals surface area contributed by atoms with Gasteiger partial charge in [-0.3, -0.25) is 0 Å². The van der Waals surface area contributed by atoms with Gasteiger partial charge < -0.3 is 4.57 Å². The number of aromatic nitrogens is 1. The Hall–Kier alpha value is -1.31. The van der Waals surface area contributed by atoms with Gasteiger partial charge in [0.2, 0.25) is 0 Å². The van der Waals surface area contributed by atoms with Gasteiger partial charge in [0.05, 0.1) is 0 Å². The third-order valence-corrected chi connectivity index (χ3v) is 2.75. The van der Waals surface area contributed by atoms with Crippen LogP contribution in [0.4, 0.5) is 4.39 Å². The summed E-state index contributed by atoms with van der Waals surface area (Å²) < 4.78 is 15.1. The molecule has 0 aliphatic carbocycles. The molecular weight excluding hydrogens is 177 g/mol. The minimum absolute atomic E-state index is 0.167. The van der Waals surface area contributed by atoms with Crippen LogP contribution in [-0.4, -0.2) is 4.57 Å². The average molecular weight is 191 g/mol. The number of fused-ring (bicyclic) bond motifs is 1. The van der Waals surface area contributed by atoms with Crippen molar-refractivity contribution in [1.29, 1.82) is 0 Å². The highest BCUT2D eigenvalue weighted by Crippen LogP contribution is 2.22. The fourth-order valence-electron chi connectivity index (χ4n) is 1.72. The van der Waals surface area contributed by atoms with Crippen LogP contribution in [0.2, 0.25) is 0 Å². The van der Waals surface area contributed by atoms with Crippen molar-refractivity contribution in [2.24, 2.45) is 0 Å². The monoisotopic (exact) mass is 191 g/mol. The Morgan fingerprint density at radius 3 is 2.86 bits per heavy atom. The van der Waals surface area contributed by atoms with Crippen molar-refractivity contribution in [3.8, 4) is 0 Å². The number of hydrogen-bond donors (Lipinski definition) is 0. The maximum atomic E-state index is 12.9. The molecule has 1 atom stereocenters. The molecular formula is C12H14FN. The van der Waals surface area contributed by atoms with Gasteiger partial charge in [0.25, 0.3) is 0 Å². The van der Waals surface area contributed by atoms with Crippen LogP contribution in [0, 0.1) is 5.82 Å². The molecule has 2 aromatic rings. The minimum Gasteiger partial charge on any atom is -0.345 e. The average Bonchev–Trinajstić information content (AvgIpc) is 2.59. The van der Waals surface area contributed by atoms with Crippen molar-refractivity contribution in [2.75, 3.05) is 0 Å². The molecule has 1 heterocycles. The first-order valence-electron chi connectivity index (χ1n) is 4.98. The lowest BCUT2D eigenvalue weighted by Crippen LogP contribution is -2.01. The van der Waals surface area contributed by atoms with E-state index >= 15 is 0 Å². The van der Waals surface area contributed by atoms with Crippen molar-refractivity contribution >= 4 is 10.9 Å². The van der Waals surface area contributed by atoms with Crippen molar-refractivity contribution in [2.45, 2.75) is 26.3 Å². The lowest BCUT2D eigenvalue weighted by atomic mass is 10.2. The zero-order valence-corrected chi connectivity index (χ0v) is 8.50. The highest BCUT2D eigenvalue weighted by atomic mass is 19.1. The quantitative estimate of drug-likeness (QED) is 0.681. The standard InChI is InChI=1S/C12H14FN/c1-3-9(2)14-7-6-10-8-11(13)4-5-12(10)14/h4-9H,3H2,1-2H3. The van der Waals surface area contributed by atoms with Gasteiger partial charge in [0.15, 0.2) is 0 Å². The van der Waals surface area contributed by atoms with Gasteiger partial charge in [-0.1, -0.05) is 6.92 Å². The maximum absolute atomic E-state index is 12.9. The molecule has 14 heavy (non-hydrogen) atoms. The molecule has 0 bridgehead atoms. The second kappa shape index (κ2) is 3.45.